The molecule has 7 heteroatoms. The maximum absolute atomic E-state index is 13.9. The number of carbonyl (C=O) groups is 1. The third-order valence-electron chi connectivity index (χ3n) is 2.71. The molecule has 1 aromatic heterocycles. The van der Waals surface area contributed by atoms with Crippen molar-refractivity contribution in [2.75, 3.05) is 0 Å². The van der Waals surface area contributed by atoms with Crippen LogP contribution >= 0.6 is 15.9 Å². The molecule has 0 radical (unpaired) electrons. The first-order valence-corrected chi connectivity index (χ1v) is 6.10. The summed E-state index contributed by atoms with van der Waals surface area (Å²) in [7, 11) is 0. The van der Waals surface area contributed by atoms with Crippen LogP contribution in [0.2, 0.25) is 0 Å². The molecule has 100 valence electrons. The number of rotatable bonds is 2. The SMILES string of the molecule is CCc1nc2c(F)c(Br)c(F)cc2c(O)c1C(=O)O. The minimum atomic E-state index is -1.40. The van der Waals surface area contributed by atoms with Gasteiger partial charge in [-0.1, -0.05) is 6.92 Å². The summed E-state index contributed by atoms with van der Waals surface area (Å²) in [6.45, 7) is 1.62. The Kier molecular flexibility index (Phi) is 3.40. The Morgan fingerprint density at radius 3 is 2.63 bits per heavy atom. The summed E-state index contributed by atoms with van der Waals surface area (Å²) < 4.78 is 26.9. The number of halogens is 3. The van der Waals surface area contributed by atoms with Gasteiger partial charge in [-0.2, -0.15) is 0 Å². The van der Waals surface area contributed by atoms with Crippen LogP contribution in [0.5, 0.6) is 5.75 Å². The summed E-state index contributed by atoms with van der Waals surface area (Å²) >= 11 is 2.73. The molecule has 0 atom stereocenters. The third-order valence-corrected chi connectivity index (χ3v) is 3.44. The Morgan fingerprint density at radius 2 is 2.11 bits per heavy atom. The highest BCUT2D eigenvalue weighted by Crippen LogP contribution is 2.35. The number of benzene rings is 1. The van der Waals surface area contributed by atoms with E-state index in [0.717, 1.165) is 6.07 Å². The van der Waals surface area contributed by atoms with Crippen molar-refractivity contribution in [3.63, 3.8) is 0 Å². The molecule has 2 aromatic rings. The number of fused-ring (bicyclic) bond motifs is 1. The zero-order valence-electron chi connectivity index (χ0n) is 9.67. The average molecular weight is 332 g/mol. The lowest BCUT2D eigenvalue weighted by Gasteiger charge is -2.10. The predicted molar refractivity (Wildman–Crippen MR) is 67.4 cm³/mol. The van der Waals surface area contributed by atoms with Gasteiger partial charge in [-0.05, 0) is 28.4 Å². The van der Waals surface area contributed by atoms with Crippen LogP contribution in [0.15, 0.2) is 10.5 Å². The fraction of sp³-hybridized carbons (Fsp3) is 0.167. The molecule has 2 rings (SSSR count). The topological polar surface area (TPSA) is 70.4 Å². The highest BCUT2D eigenvalue weighted by Gasteiger charge is 2.23. The van der Waals surface area contributed by atoms with E-state index in [0.29, 0.717) is 0 Å². The molecule has 0 aliphatic carbocycles. The largest absolute Gasteiger partial charge is 0.506 e. The summed E-state index contributed by atoms with van der Waals surface area (Å²) in [4.78, 5) is 14.9. The first-order valence-electron chi connectivity index (χ1n) is 5.30. The lowest BCUT2D eigenvalue weighted by Crippen LogP contribution is -2.06. The maximum Gasteiger partial charge on any atom is 0.341 e. The second-order valence-corrected chi connectivity index (χ2v) is 4.62. The lowest BCUT2D eigenvalue weighted by molar-refractivity contribution is 0.0692. The van der Waals surface area contributed by atoms with Crippen LogP contribution in [0.25, 0.3) is 10.9 Å². The van der Waals surface area contributed by atoms with E-state index in [1.165, 1.54) is 0 Å². The van der Waals surface area contributed by atoms with Gasteiger partial charge in [0.2, 0.25) is 0 Å². The molecule has 19 heavy (non-hydrogen) atoms. The first-order chi connectivity index (χ1) is 8.88. The summed E-state index contributed by atoms with van der Waals surface area (Å²) in [6, 6.07) is 0.844. The maximum atomic E-state index is 13.9. The van der Waals surface area contributed by atoms with Crippen molar-refractivity contribution in [2.45, 2.75) is 13.3 Å². The van der Waals surface area contributed by atoms with Crippen LogP contribution in [0.1, 0.15) is 23.0 Å². The molecule has 1 aromatic carbocycles. The summed E-state index contributed by atoms with van der Waals surface area (Å²) in [5.74, 6) is -3.99. The fourth-order valence-corrected chi connectivity index (χ4v) is 2.12. The van der Waals surface area contributed by atoms with E-state index in [9.17, 15) is 18.7 Å². The molecule has 1 heterocycles. The van der Waals surface area contributed by atoms with E-state index in [1.807, 2.05) is 0 Å². The number of aromatic hydroxyl groups is 1. The van der Waals surface area contributed by atoms with Gasteiger partial charge in [0.25, 0.3) is 0 Å². The van der Waals surface area contributed by atoms with Crippen molar-refractivity contribution in [3.05, 3.63) is 33.4 Å². The van der Waals surface area contributed by atoms with E-state index in [1.54, 1.807) is 6.92 Å². The Hall–Kier alpha value is -1.76. The highest BCUT2D eigenvalue weighted by atomic mass is 79.9. The van der Waals surface area contributed by atoms with E-state index in [2.05, 4.69) is 20.9 Å². The van der Waals surface area contributed by atoms with Gasteiger partial charge in [0.1, 0.15) is 22.6 Å². The lowest BCUT2D eigenvalue weighted by atomic mass is 10.1. The van der Waals surface area contributed by atoms with Crippen molar-refractivity contribution in [2.24, 2.45) is 0 Å². The Morgan fingerprint density at radius 1 is 1.47 bits per heavy atom. The summed E-state index contributed by atoms with van der Waals surface area (Å²) in [5.41, 5.74) is -0.668. The smallest absolute Gasteiger partial charge is 0.341 e. The zero-order chi connectivity index (χ0) is 14.3. The van der Waals surface area contributed by atoms with Crippen molar-refractivity contribution >= 4 is 32.8 Å². The molecule has 0 aliphatic rings. The average Bonchev–Trinajstić information content (AvgIpc) is 2.36. The molecule has 0 saturated carbocycles. The summed E-state index contributed by atoms with van der Waals surface area (Å²) in [6.07, 6.45) is 0.194. The predicted octanol–water partition coefficient (Wildman–Crippen LogP) is 3.24. The second-order valence-electron chi connectivity index (χ2n) is 3.82. The molecule has 0 amide bonds. The van der Waals surface area contributed by atoms with Gasteiger partial charge >= 0.3 is 5.97 Å². The van der Waals surface area contributed by atoms with Gasteiger partial charge in [0.05, 0.1) is 10.2 Å². The van der Waals surface area contributed by atoms with Crippen molar-refractivity contribution < 1.29 is 23.8 Å². The Balaban J connectivity index is 3.00. The van der Waals surface area contributed by atoms with Crippen LogP contribution in [0.4, 0.5) is 8.78 Å². The number of aromatic nitrogens is 1. The standard InChI is InChI=1S/C12H8BrF2NO3/c1-2-6-7(12(18)19)11(17)4-3-5(14)8(13)9(15)10(4)16-6/h3H,2H2,1H3,(H,16,17)(H,18,19). The Bertz CT molecular complexity index is 703. The van der Waals surface area contributed by atoms with Gasteiger partial charge in [-0.25, -0.2) is 18.6 Å². The van der Waals surface area contributed by atoms with Crippen molar-refractivity contribution in [1.29, 1.82) is 0 Å². The van der Waals surface area contributed by atoms with Gasteiger partial charge in [-0.3, -0.25) is 0 Å². The number of hydrogen-bond donors (Lipinski definition) is 2. The summed E-state index contributed by atoms with van der Waals surface area (Å²) in [5, 5.41) is 18.7. The minimum Gasteiger partial charge on any atom is -0.506 e. The van der Waals surface area contributed by atoms with Crippen LogP contribution < -0.4 is 0 Å². The molecule has 2 N–H and O–H groups in total. The number of hydrogen-bond acceptors (Lipinski definition) is 3. The molecule has 0 unspecified atom stereocenters. The molecule has 0 spiro atoms. The quantitative estimate of drug-likeness (QED) is 0.829. The van der Waals surface area contributed by atoms with Crippen LogP contribution in [-0.4, -0.2) is 21.2 Å². The Labute approximate surface area is 114 Å². The first kappa shape index (κ1) is 13.7. The molecular formula is C12H8BrF2NO3. The van der Waals surface area contributed by atoms with Gasteiger partial charge in [0.15, 0.2) is 5.82 Å². The second kappa shape index (κ2) is 4.73. The van der Waals surface area contributed by atoms with Gasteiger partial charge in [0, 0.05) is 5.39 Å². The van der Waals surface area contributed by atoms with Gasteiger partial charge in [-0.15, -0.1) is 0 Å². The van der Waals surface area contributed by atoms with Crippen molar-refractivity contribution in [3.8, 4) is 5.75 Å². The molecule has 0 saturated heterocycles. The molecular weight excluding hydrogens is 324 g/mol. The number of nitrogens with zero attached hydrogens (tertiary/aromatic N) is 1. The van der Waals surface area contributed by atoms with Crippen LogP contribution in [0.3, 0.4) is 0 Å². The van der Waals surface area contributed by atoms with E-state index >= 15 is 0 Å². The van der Waals surface area contributed by atoms with E-state index < -0.39 is 33.4 Å². The third kappa shape index (κ3) is 2.03. The molecule has 0 fully saturated rings. The van der Waals surface area contributed by atoms with E-state index in [-0.39, 0.29) is 23.0 Å². The monoisotopic (exact) mass is 331 g/mol. The van der Waals surface area contributed by atoms with E-state index in [4.69, 9.17) is 5.11 Å². The minimum absolute atomic E-state index is 0.0370. The normalized spacial score (nSPS) is 10.9. The van der Waals surface area contributed by atoms with Crippen LogP contribution in [-0.2, 0) is 6.42 Å². The van der Waals surface area contributed by atoms with Crippen LogP contribution in [0, 0.1) is 11.6 Å². The molecule has 4 nitrogen and oxygen atoms in total. The number of aryl methyl sites for hydroxylation is 1. The number of carboxylic acid groups (broad SMARTS) is 1. The highest BCUT2D eigenvalue weighted by molar-refractivity contribution is 9.10. The number of pyridine rings is 1. The number of aromatic carboxylic acids is 1. The fourth-order valence-electron chi connectivity index (χ4n) is 1.82. The zero-order valence-corrected chi connectivity index (χ0v) is 11.3. The molecule has 0 bridgehead atoms. The number of carboxylic acids is 1. The van der Waals surface area contributed by atoms with Crippen molar-refractivity contribution in [1.82, 2.24) is 4.98 Å². The molecule has 0 aliphatic heterocycles. The van der Waals surface area contributed by atoms with Gasteiger partial charge < -0.3 is 10.2 Å².